The molecule has 0 atom stereocenters. The van der Waals surface area contributed by atoms with E-state index >= 15 is 0 Å². The van der Waals surface area contributed by atoms with Crippen LogP contribution in [-0.2, 0) is 19.6 Å². The molecule has 1 aromatic carbocycles. The van der Waals surface area contributed by atoms with Gasteiger partial charge in [0.1, 0.15) is 0 Å². The summed E-state index contributed by atoms with van der Waals surface area (Å²) in [5, 5.41) is 13.6. The van der Waals surface area contributed by atoms with E-state index < -0.39 is 15.9 Å². The Hall–Kier alpha value is -1.73. The average Bonchev–Trinajstić information content (AvgIpc) is 2.99. The number of benzene rings is 1. The molecule has 1 aromatic heterocycles. The second-order valence-corrected chi connectivity index (χ2v) is 10.0. The van der Waals surface area contributed by atoms with Crippen LogP contribution in [-0.4, -0.2) is 60.3 Å². The van der Waals surface area contributed by atoms with Crippen molar-refractivity contribution >= 4 is 67.4 Å². The Kier molecular flexibility index (Phi) is 7.56. The number of nitrogens with one attached hydrogen (secondary N) is 2. The van der Waals surface area contributed by atoms with E-state index in [9.17, 15) is 18.0 Å². The first-order valence-electron chi connectivity index (χ1n) is 7.36. The standard InChI is InChI=1S/C14H16ClN5O4S3/c1-20(27(2,23)24)7-11(21)17-13-18-19-14(26-13)25-8-12(22)16-10-5-3-4-9(15)6-10/h3-6H,7-8H2,1-2H3,(H,16,22)(H,17,18,21). The lowest BCUT2D eigenvalue weighted by Crippen LogP contribution is -2.34. The highest BCUT2D eigenvalue weighted by Crippen LogP contribution is 2.25. The molecule has 2 N–H and O–H groups in total. The molecule has 146 valence electrons. The minimum Gasteiger partial charge on any atom is -0.325 e. The molecule has 0 saturated carbocycles. The average molecular weight is 450 g/mol. The van der Waals surface area contributed by atoms with Crippen LogP contribution in [0, 0.1) is 0 Å². The SMILES string of the molecule is CN(CC(=O)Nc1nnc(SCC(=O)Nc2cccc(Cl)c2)s1)S(C)(=O)=O. The molecule has 0 saturated heterocycles. The molecular formula is C14H16ClN5O4S3. The number of halogens is 1. The summed E-state index contributed by atoms with van der Waals surface area (Å²) in [6.07, 6.45) is 1.01. The molecule has 0 spiro atoms. The van der Waals surface area contributed by atoms with Crippen LogP contribution in [0.1, 0.15) is 0 Å². The van der Waals surface area contributed by atoms with Gasteiger partial charge in [-0.1, -0.05) is 40.8 Å². The van der Waals surface area contributed by atoms with Crippen LogP contribution in [0.15, 0.2) is 28.6 Å². The Morgan fingerprint density at radius 3 is 2.67 bits per heavy atom. The van der Waals surface area contributed by atoms with E-state index in [0.717, 1.165) is 33.7 Å². The molecule has 0 fully saturated rings. The van der Waals surface area contributed by atoms with Crippen LogP contribution in [0.2, 0.25) is 5.02 Å². The molecule has 0 radical (unpaired) electrons. The fourth-order valence-electron chi connectivity index (χ4n) is 1.69. The fourth-order valence-corrected chi connectivity index (χ4v) is 3.80. The lowest BCUT2D eigenvalue weighted by Gasteiger charge is -2.12. The molecule has 0 unspecified atom stereocenters. The zero-order valence-corrected chi connectivity index (χ0v) is 17.5. The quantitative estimate of drug-likeness (QED) is 0.465. The van der Waals surface area contributed by atoms with Crippen molar-refractivity contribution in [2.75, 3.05) is 36.2 Å². The number of nitrogens with zero attached hydrogens (tertiary/aromatic N) is 3. The van der Waals surface area contributed by atoms with Gasteiger partial charge in [0.15, 0.2) is 4.34 Å². The van der Waals surface area contributed by atoms with Crippen LogP contribution >= 0.6 is 34.7 Å². The molecule has 0 aliphatic heterocycles. The zero-order chi connectivity index (χ0) is 20.0. The summed E-state index contributed by atoms with van der Waals surface area (Å²) in [4.78, 5) is 23.8. The van der Waals surface area contributed by atoms with Crippen LogP contribution in [0.25, 0.3) is 0 Å². The number of sulfonamides is 1. The van der Waals surface area contributed by atoms with Gasteiger partial charge < -0.3 is 5.32 Å². The summed E-state index contributed by atoms with van der Waals surface area (Å²) in [7, 11) is -2.15. The second-order valence-electron chi connectivity index (χ2n) is 5.29. The molecule has 13 heteroatoms. The molecule has 0 bridgehead atoms. The van der Waals surface area contributed by atoms with Crippen LogP contribution in [0.5, 0.6) is 0 Å². The van der Waals surface area contributed by atoms with Crippen molar-refractivity contribution in [2.45, 2.75) is 4.34 Å². The highest BCUT2D eigenvalue weighted by atomic mass is 35.5. The topological polar surface area (TPSA) is 121 Å². The number of rotatable bonds is 8. The van der Waals surface area contributed by atoms with Crippen molar-refractivity contribution in [3.05, 3.63) is 29.3 Å². The maximum Gasteiger partial charge on any atom is 0.241 e. The second kappa shape index (κ2) is 9.46. The van der Waals surface area contributed by atoms with E-state index in [-0.39, 0.29) is 23.3 Å². The van der Waals surface area contributed by atoms with E-state index in [2.05, 4.69) is 20.8 Å². The number of hydrogen-bond donors (Lipinski definition) is 2. The minimum absolute atomic E-state index is 0.103. The Labute approximate surface area is 169 Å². The van der Waals surface area contributed by atoms with E-state index in [1.54, 1.807) is 24.3 Å². The van der Waals surface area contributed by atoms with Gasteiger partial charge in [-0.05, 0) is 18.2 Å². The lowest BCUT2D eigenvalue weighted by molar-refractivity contribution is -0.116. The number of anilines is 2. The van der Waals surface area contributed by atoms with Crippen molar-refractivity contribution in [1.29, 1.82) is 0 Å². The molecule has 9 nitrogen and oxygen atoms in total. The molecule has 0 aliphatic rings. The summed E-state index contributed by atoms with van der Waals surface area (Å²) in [5.74, 6) is -0.668. The van der Waals surface area contributed by atoms with Crippen LogP contribution < -0.4 is 10.6 Å². The molecule has 2 amide bonds. The van der Waals surface area contributed by atoms with Gasteiger partial charge in [-0.3, -0.25) is 14.9 Å². The zero-order valence-electron chi connectivity index (χ0n) is 14.3. The summed E-state index contributed by atoms with van der Waals surface area (Å²) < 4.78 is 24.0. The van der Waals surface area contributed by atoms with Gasteiger partial charge >= 0.3 is 0 Å². The monoisotopic (exact) mass is 449 g/mol. The number of hydrogen-bond acceptors (Lipinski definition) is 8. The molecule has 27 heavy (non-hydrogen) atoms. The van der Waals surface area contributed by atoms with Gasteiger partial charge in [0.2, 0.25) is 27.0 Å². The van der Waals surface area contributed by atoms with Gasteiger partial charge in [0.25, 0.3) is 0 Å². The highest BCUT2D eigenvalue weighted by molar-refractivity contribution is 8.01. The molecular weight excluding hydrogens is 434 g/mol. The molecule has 1 heterocycles. The Morgan fingerprint density at radius 2 is 2.00 bits per heavy atom. The maximum absolute atomic E-state index is 11.9. The van der Waals surface area contributed by atoms with Crippen LogP contribution in [0.4, 0.5) is 10.8 Å². The fraction of sp³-hybridized carbons (Fsp3) is 0.286. The largest absolute Gasteiger partial charge is 0.325 e. The smallest absolute Gasteiger partial charge is 0.241 e. The Bertz CT molecular complexity index is 934. The Morgan fingerprint density at radius 1 is 1.26 bits per heavy atom. The van der Waals surface area contributed by atoms with E-state index in [1.165, 1.54) is 7.05 Å². The van der Waals surface area contributed by atoms with Crippen molar-refractivity contribution in [3.8, 4) is 0 Å². The van der Waals surface area contributed by atoms with E-state index in [1.807, 2.05) is 0 Å². The summed E-state index contributed by atoms with van der Waals surface area (Å²) in [5.41, 5.74) is 0.591. The molecule has 2 rings (SSSR count). The predicted molar refractivity (Wildman–Crippen MR) is 107 cm³/mol. The summed E-state index contributed by atoms with van der Waals surface area (Å²) in [6.45, 7) is -0.330. The number of likely N-dealkylation sites (N-methyl/N-ethyl adjacent to an activating group) is 1. The first kappa shape index (κ1) is 21.6. The number of carbonyl (C=O) groups is 2. The van der Waals surface area contributed by atoms with Crippen molar-refractivity contribution in [2.24, 2.45) is 0 Å². The molecule has 2 aromatic rings. The summed E-state index contributed by atoms with van der Waals surface area (Å²) in [6, 6.07) is 6.79. The number of aromatic nitrogens is 2. The number of amides is 2. The minimum atomic E-state index is -3.45. The lowest BCUT2D eigenvalue weighted by atomic mass is 10.3. The first-order chi connectivity index (χ1) is 12.6. The highest BCUT2D eigenvalue weighted by Gasteiger charge is 2.17. The third kappa shape index (κ3) is 7.42. The number of thioether (sulfide) groups is 1. The van der Waals surface area contributed by atoms with E-state index in [4.69, 9.17) is 11.6 Å². The van der Waals surface area contributed by atoms with E-state index in [0.29, 0.717) is 15.0 Å². The first-order valence-corrected chi connectivity index (χ1v) is 11.4. The Balaban J connectivity index is 1.81. The van der Waals surface area contributed by atoms with Gasteiger partial charge in [0, 0.05) is 17.8 Å². The summed E-state index contributed by atoms with van der Waals surface area (Å²) >= 11 is 8.10. The van der Waals surface area contributed by atoms with Gasteiger partial charge in [-0.25, -0.2) is 8.42 Å². The third-order valence-electron chi connectivity index (χ3n) is 3.02. The number of carbonyl (C=O) groups excluding carboxylic acids is 2. The van der Waals surface area contributed by atoms with Gasteiger partial charge in [-0.2, -0.15) is 4.31 Å². The molecule has 0 aliphatic carbocycles. The normalized spacial score (nSPS) is 11.4. The van der Waals surface area contributed by atoms with Gasteiger partial charge in [0.05, 0.1) is 18.6 Å². The van der Waals surface area contributed by atoms with Crippen molar-refractivity contribution in [3.63, 3.8) is 0 Å². The van der Waals surface area contributed by atoms with Crippen molar-refractivity contribution in [1.82, 2.24) is 14.5 Å². The van der Waals surface area contributed by atoms with Crippen LogP contribution in [0.3, 0.4) is 0 Å². The van der Waals surface area contributed by atoms with Crippen molar-refractivity contribution < 1.29 is 18.0 Å². The predicted octanol–water partition coefficient (Wildman–Crippen LogP) is 1.75. The third-order valence-corrected chi connectivity index (χ3v) is 6.49. The maximum atomic E-state index is 11.9. The van der Waals surface area contributed by atoms with Gasteiger partial charge in [-0.15, -0.1) is 10.2 Å².